The van der Waals surface area contributed by atoms with Crippen LogP contribution in [0.3, 0.4) is 0 Å². The molecule has 4 heteroatoms. The fraction of sp³-hybridized carbons (Fsp3) is 0.444. The maximum absolute atomic E-state index is 3.62. The zero-order valence-electron chi connectivity index (χ0n) is 13.0. The van der Waals surface area contributed by atoms with Crippen molar-refractivity contribution in [2.24, 2.45) is 0 Å². The lowest BCUT2D eigenvalue weighted by Gasteiger charge is -2.30. The summed E-state index contributed by atoms with van der Waals surface area (Å²) in [5.74, 6) is 0. The Morgan fingerprint density at radius 3 is 2.64 bits per heavy atom. The molecule has 1 atom stereocenters. The Hall–Kier alpha value is -0.680. The molecule has 1 fully saturated rings. The Bertz CT molecular complexity index is 585. The molecule has 1 aliphatic heterocycles. The molecule has 0 aliphatic carbocycles. The minimum atomic E-state index is 0.377. The monoisotopic (exact) mass is 378 g/mol. The van der Waals surface area contributed by atoms with E-state index in [1.807, 2.05) is 11.3 Å². The van der Waals surface area contributed by atoms with Crippen LogP contribution in [0.1, 0.15) is 35.4 Å². The van der Waals surface area contributed by atoms with E-state index in [4.69, 9.17) is 0 Å². The van der Waals surface area contributed by atoms with Crippen molar-refractivity contribution in [2.45, 2.75) is 25.8 Å². The van der Waals surface area contributed by atoms with E-state index >= 15 is 0 Å². The molecule has 2 nitrogen and oxygen atoms in total. The first-order chi connectivity index (χ1) is 10.8. The largest absolute Gasteiger partial charge is 0.315 e. The molecule has 3 rings (SSSR count). The fourth-order valence-electron chi connectivity index (χ4n) is 3.09. The zero-order chi connectivity index (χ0) is 15.4. The van der Waals surface area contributed by atoms with Crippen LogP contribution in [0.15, 0.2) is 40.2 Å². The van der Waals surface area contributed by atoms with Gasteiger partial charge in [-0.3, -0.25) is 4.90 Å². The molecule has 0 bridgehead atoms. The van der Waals surface area contributed by atoms with Gasteiger partial charge < -0.3 is 5.32 Å². The summed E-state index contributed by atoms with van der Waals surface area (Å²) in [6.07, 6.45) is 2.32. The Labute approximate surface area is 145 Å². The molecule has 2 heterocycles. The molecule has 1 N–H and O–H groups in total. The van der Waals surface area contributed by atoms with Gasteiger partial charge in [-0.05, 0) is 58.6 Å². The van der Waals surface area contributed by atoms with Crippen molar-refractivity contribution >= 4 is 27.3 Å². The van der Waals surface area contributed by atoms with Gasteiger partial charge in [-0.25, -0.2) is 0 Å². The van der Waals surface area contributed by atoms with Crippen LogP contribution in [0.5, 0.6) is 0 Å². The molecule has 1 saturated heterocycles. The number of halogens is 1. The van der Waals surface area contributed by atoms with E-state index in [1.165, 1.54) is 26.2 Å². The van der Waals surface area contributed by atoms with E-state index < -0.39 is 0 Å². The third-order valence-corrected chi connectivity index (χ3v) is 5.98. The van der Waals surface area contributed by atoms with Crippen LogP contribution in [-0.2, 0) is 6.42 Å². The number of thiophene rings is 1. The van der Waals surface area contributed by atoms with Crippen LogP contribution in [0, 0.1) is 0 Å². The normalized spacial score (nSPS) is 18.1. The van der Waals surface area contributed by atoms with Crippen molar-refractivity contribution in [3.05, 3.63) is 56.2 Å². The highest BCUT2D eigenvalue weighted by molar-refractivity contribution is 9.11. The molecular weight excluding hydrogens is 356 g/mol. The van der Waals surface area contributed by atoms with Crippen LogP contribution in [0.25, 0.3) is 0 Å². The van der Waals surface area contributed by atoms with E-state index in [-0.39, 0.29) is 0 Å². The molecule has 1 aromatic carbocycles. The molecule has 0 saturated carbocycles. The third kappa shape index (κ3) is 3.80. The molecule has 1 unspecified atom stereocenters. The van der Waals surface area contributed by atoms with Gasteiger partial charge in [-0.2, -0.15) is 0 Å². The molecule has 118 valence electrons. The van der Waals surface area contributed by atoms with Gasteiger partial charge in [-0.1, -0.05) is 31.2 Å². The average molecular weight is 379 g/mol. The predicted molar refractivity (Wildman–Crippen MR) is 98.7 cm³/mol. The van der Waals surface area contributed by atoms with Gasteiger partial charge in [0.25, 0.3) is 0 Å². The van der Waals surface area contributed by atoms with Gasteiger partial charge >= 0.3 is 0 Å². The van der Waals surface area contributed by atoms with Crippen LogP contribution >= 0.6 is 27.3 Å². The lowest BCUT2D eigenvalue weighted by Crippen LogP contribution is -2.32. The second kappa shape index (κ2) is 7.73. The van der Waals surface area contributed by atoms with E-state index in [0.29, 0.717) is 6.04 Å². The second-order valence-electron chi connectivity index (χ2n) is 5.78. The molecule has 1 aromatic heterocycles. The van der Waals surface area contributed by atoms with Gasteiger partial charge in [0, 0.05) is 24.5 Å². The second-order valence-corrected chi connectivity index (χ2v) is 8.27. The molecule has 0 amide bonds. The Kier molecular flexibility index (Phi) is 5.69. The van der Waals surface area contributed by atoms with Crippen molar-refractivity contribution in [3.63, 3.8) is 0 Å². The molecule has 0 spiro atoms. The molecule has 1 aliphatic rings. The lowest BCUT2D eigenvalue weighted by molar-refractivity contribution is 0.244. The summed E-state index contributed by atoms with van der Waals surface area (Å²) in [6, 6.07) is 14.0. The zero-order valence-corrected chi connectivity index (χ0v) is 15.4. The standard InChI is InChI=1S/C18H23BrN2S/c1-2-14-4-6-15(7-5-14)18(16-8-9-17(19)22-16)21-12-3-10-20-11-13-21/h4-9,18,20H,2-3,10-13H2,1H3. The van der Waals surface area contributed by atoms with Crippen molar-refractivity contribution in [1.82, 2.24) is 10.2 Å². The van der Waals surface area contributed by atoms with E-state index in [2.05, 4.69) is 69.5 Å². The molecule has 0 radical (unpaired) electrons. The first-order valence-corrected chi connectivity index (χ1v) is 9.67. The van der Waals surface area contributed by atoms with Gasteiger partial charge in [-0.15, -0.1) is 11.3 Å². The summed E-state index contributed by atoms with van der Waals surface area (Å²) in [7, 11) is 0. The number of benzene rings is 1. The van der Waals surface area contributed by atoms with E-state index in [0.717, 1.165) is 32.6 Å². The fourth-order valence-corrected chi connectivity index (χ4v) is 4.68. The number of aryl methyl sites for hydroxylation is 1. The smallest absolute Gasteiger partial charge is 0.0702 e. The maximum Gasteiger partial charge on any atom is 0.0702 e. The highest BCUT2D eigenvalue weighted by atomic mass is 79.9. The summed E-state index contributed by atoms with van der Waals surface area (Å²) in [5.41, 5.74) is 2.82. The summed E-state index contributed by atoms with van der Waals surface area (Å²) in [6.45, 7) is 6.68. The Morgan fingerprint density at radius 2 is 1.95 bits per heavy atom. The van der Waals surface area contributed by atoms with E-state index in [1.54, 1.807) is 0 Å². The maximum atomic E-state index is 3.62. The first kappa shape index (κ1) is 16.2. The average Bonchev–Trinajstić information content (AvgIpc) is 2.80. The Morgan fingerprint density at radius 1 is 1.14 bits per heavy atom. The molecular formula is C18H23BrN2S. The third-order valence-electron chi connectivity index (χ3n) is 4.31. The Balaban J connectivity index is 1.93. The predicted octanol–water partition coefficient (Wildman–Crippen LogP) is 4.46. The summed E-state index contributed by atoms with van der Waals surface area (Å²) < 4.78 is 1.21. The van der Waals surface area contributed by atoms with E-state index in [9.17, 15) is 0 Å². The number of hydrogen-bond acceptors (Lipinski definition) is 3. The van der Waals surface area contributed by atoms with Crippen LogP contribution in [-0.4, -0.2) is 31.1 Å². The number of hydrogen-bond donors (Lipinski definition) is 1. The summed E-state index contributed by atoms with van der Waals surface area (Å²) in [4.78, 5) is 4.05. The highest BCUT2D eigenvalue weighted by Crippen LogP contribution is 2.35. The summed E-state index contributed by atoms with van der Waals surface area (Å²) >= 11 is 5.48. The topological polar surface area (TPSA) is 15.3 Å². The van der Waals surface area contributed by atoms with Crippen molar-refractivity contribution < 1.29 is 0 Å². The quantitative estimate of drug-likeness (QED) is 0.844. The molecule has 22 heavy (non-hydrogen) atoms. The van der Waals surface area contributed by atoms with Gasteiger partial charge in [0.1, 0.15) is 0 Å². The SMILES string of the molecule is CCc1ccc(C(c2ccc(Br)s2)N2CCCNCC2)cc1. The highest BCUT2D eigenvalue weighted by Gasteiger charge is 2.24. The minimum Gasteiger partial charge on any atom is -0.315 e. The van der Waals surface area contributed by atoms with Crippen molar-refractivity contribution in [1.29, 1.82) is 0 Å². The van der Waals surface area contributed by atoms with Gasteiger partial charge in [0.05, 0.1) is 9.83 Å². The van der Waals surface area contributed by atoms with Crippen molar-refractivity contribution in [3.8, 4) is 0 Å². The minimum absolute atomic E-state index is 0.377. The summed E-state index contributed by atoms with van der Waals surface area (Å²) in [5, 5.41) is 3.51. The van der Waals surface area contributed by atoms with Crippen molar-refractivity contribution in [2.75, 3.05) is 26.2 Å². The van der Waals surface area contributed by atoms with Gasteiger partial charge in [0.2, 0.25) is 0 Å². The van der Waals surface area contributed by atoms with Gasteiger partial charge in [0.15, 0.2) is 0 Å². The lowest BCUT2D eigenvalue weighted by atomic mass is 10.0. The number of nitrogens with zero attached hydrogens (tertiary/aromatic N) is 1. The number of rotatable bonds is 4. The number of nitrogens with one attached hydrogen (secondary N) is 1. The molecule has 2 aromatic rings. The van der Waals surface area contributed by atoms with Crippen LogP contribution in [0.4, 0.5) is 0 Å². The first-order valence-electron chi connectivity index (χ1n) is 8.07. The van der Waals surface area contributed by atoms with Crippen LogP contribution in [0.2, 0.25) is 0 Å². The van der Waals surface area contributed by atoms with Crippen LogP contribution < -0.4 is 5.32 Å².